The summed E-state index contributed by atoms with van der Waals surface area (Å²) < 4.78 is 5.77. The quantitative estimate of drug-likeness (QED) is 0.724. The molecule has 0 saturated carbocycles. The van der Waals surface area contributed by atoms with E-state index in [0.29, 0.717) is 28.8 Å². The Kier molecular flexibility index (Phi) is 5.45. The van der Waals surface area contributed by atoms with Crippen LogP contribution in [0.25, 0.3) is 10.9 Å². The molecule has 0 unspecified atom stereocenters. The maximum Gasteiger partial charge on any atom is 0.258 e. The molecule has 1 atom stereocenters. The van der Waals surface area contributed by atoms with Gasteiger partial charge in [0.15, 0.2) is 0 Å². The molecule has 0 spiro atoms. The van der Waals surface area contributed by atoms with Crippen molar-refractivity contribution in [1.82, 2.24) is 14.9 Å². The Morgan fingerprint density at radius 2 is 2.07 bits per heavy atom. The normalized spacial score (nSPS) is 16.3. The Morgan fingerprint density at radius 1 is 1.24 bits per heavy atom. The predicted molar refractivity (Wildman–Crippen MR) is 112 cm³/mol. The van der Waals surface area contributed by atoms with E-state index in [2.05, 4.69) is 9.97 Å². The summed E-state index contributed by atoms with van der Waals surface area (Å²) in [6.07, 6.45) is 1.94. The van der Waals surface area contributed by atoms with Crippen molar-refractivity contribution in [2.24, 2.45) is 0 Å². The number of hydrogen-bond donors (Lipinski definition) is 1. The number of carbonyl (C=O) groups is 1. The molecule has 150 valence electrons. The Balaban J connectivity index is 1.68. The lowest BCUT2D eigenvalue weighted by Gasteiger charge is -2.26. The molecular weight excluding hydrogens is 366 g/mol. The third-order valence-electron chi connectivity index (χ3n) is 5.36. The van der Waals surface area contributed by atoms with Gasteiger partial charge in [-0.3, -0.25) is 9.59 Å². The largest absolute Gasteiger partial charge is 0.376 e. The second kappa shape index (κ2) is 8.17. The molecule has 1 N–H and O–H groups in total. The molecule has 1 aliphatic heterocycles. The summed E-state index contributed by atoms with van der Waals surface area (Å²) in [7, 11) is 0. The Bertz CT molecular complexity index is 1100. The van der Waals surface area contributed by atoms with Gasteiger partial charge in [-0.25, -0.2) is 4.98 Å². The standard InChI is InChI=1S/C23H25N3O3/c1-15-9-10-16(2)19(12-15)23(28)26(13-17-6-5-11-29-17)14-21-24-20-8-4-3-7-18(20)22(27)25-21/h3-4,7-10,12,17H,5-6,11,13-14H2,1-2H3,(H,24,25,27)/t17-/m1/s1. The zero-order chi connectivity index (χ0) is 20.4. The van der Waals surface area contributed by atoms with Crippen molar-refractivity contribution < 1.29 is 9.53 Å². The van der Waals surface area contributed by atoms with E-state index in [1.54, 1.807) is 11.0 Å². The van der Waals surface area contributed by atoms with Gasteiger partial charge >= 0.3 is 0 Å². The van der Waals surface area contributed by atoms with Crippen LogP contribution < -0.4 is 5.56 Å². The van der Waals surface area contributed by atoms with Gasteiger partial charge in [-0.15, -0.1) is 0 Å². The highest BCUT2D eigenvalue weighted by atomic mass is 16.5. The van der Waals surface area contributed by atoms with Crippen LogP contribution in [0.1, 0.15) is 40.2 Å². The highest BCUT2D eigenvalue weighted by molar-refractivity contribution is 5.95. The molecule has 1 aliphatic rings. The Labute approximate surface area is 169 Å². The average Bonchev–Trinajstić information content (AvgIpc) is 3.22. The number of nitrogens with one attached hydrogen (secondary N) is 1. The van der Waals surface area contributed by atoms with Crippen LogP contribution in [0.3, 0.4) is 0 Å². The molecule has 29 heavy (non-hydrogen) atoms. The maximum atomic E-state index is 13.4. The minimum absolute atomic E-state index is 0.0104. The van der Waals surface area contributed by atoms with E-state index in [9.17, 15) is 9.59 Å². The lowest BCUT2D eigenvalue weighted by Crippen LogP contribution is -2.38. The first kappa shape index (κ1) is 19.3. The second-order valence-corrected chi connectivity index (χ2v) is 7.67. The molecule has 3 aromatic rings. The number of para-hydroxylation sites is 1. The summed E-state index contributed by atoms with van der Waals surface area (Å²) in [4.78, 5) is 35.0. The van der Waals surface area contributed by atoms with Crippen molar-refractivity contribution in [3.63, 3.8) is 0 Å². The lowest BCUT2D eigenvalue weighted by molar-refractivity contribution is 0.0500. The maximum absolute atomic E-state index is 13.4. The first-order valence-electron chi connectivity index (χ1n) is 9.97. The minimum Gasteiger partial charge on any atom is -0.376 e. The van der Waals surface area contributed by atoms with Crippen LogP contribution in [0, 0.1) is 13.8 Å². The van der Waals surface area contributed by atoms with Crippen molar-refractivity contribution in [3.05, 3.63) is 75.3 Å². The van der Waals surface area contributed by atoms with Gasteiger partial charge in [0, 0.05) is 18.7 Å². The van der Waals surface area contributed by atoms with Crippen molar-refractivity contribution in [2.75, 3.05) is 13.2 Å². The van der Waals surface area contributed by atoms with E-state index >= 15 is 0 Å². The van der Waals surface area contributed by atoms with Gasteiger partial charge in [0.1, 0.15) is 5.82 Å². The van der Waals surface area contributed by atoms with Gasteiger partial charge in [-0.05, 0) is 50.5 Å². The fraction of sp³-hybridized carbons (Fsp3) is 0.348. The number of fused-ring (bicyclic) bond motifs is 1. The van der Waals surface area contributed by atoms with E-state index in [0.717, 1.165) is 30.6 Å². The summed E-state index contributed by atoms with van der Waals surface area (Å²) in [6.45, 7) is 5.34. The topological polar surface area (TPSA) is 75.3 Å². The fourth-order valence-electron chi connectivity index (χ4n) is 3.78. The van der Waals surface area contributed by atoms with E-state index in [1.165, 1.54) is 0 Å². The number of ether oxygens (including phenoxy) is 1. The number of H-pyrrole nitrogens is 1. The van der Waals surface area contributed by atoms with Crippen molar-refractivity contribution in [3.8, 4) is 0 Å². The van der Waals surface area contributed by atoms with Crippen molar-refractivity contribution >= 4 is 16.8 Å². The summed E-state index contributed by atoms with van der Waals surface area (Å²) >= 11 is 0. The Hall–Kier alpha value is -2.99. The number of carbonyl (C=O) groups excluding carboxylic acids is 1. The molecule has 0 radical (unpaired) electrons. The number of amides is 1. The molecule has 0 aliphatic carbocycles. The molecule has 2 aromatic carbocycles. The van der Waals surface area contributed by atoms with Gasteiger partial charge in [-0.1, -0.05) is 29.8 Å². The van der Waals surface area contributed by atoms with Gasteiger partial charge in [0.05, 0.1) is 23.6 Å². The zero-order valence-corrected chi connectivity index (χ0v) is 16.8. The highest BCUT2D eigenvalue weighted by Gasteiger charge is 2.25. The first-order chi connectivity index (χ1) is 14.0. The van der Waals surface area contributed by atoms with Gasteiger partial charge in [-0.2, -0.15) is 0 Å². The van der Waals surface area contributed by atoms with Crippen LogP contribution >= 0.6 is 0 Å². The number of hydrogen-bond acceptors (Lipinski definition) is 4. The third kappa shape index (κ3) is 4.22. The van der Waals surface area contributed by atoms with Crippen molar-refractivity contribution in [1.29, 1.82) is 0 Å². The van der Waals surface area contributed by atoms with Crippen molar-refractivity contribution in [2.45, 2.75) is 39.3 Å². The lowest BCUT2D eigenvalue weighted by atomic mass is 10.0. The number of benzene rings is 2. The molecular formula is C23H25N3O3. The van der Waals surface area contributed by atoms with Crippen LogP contribution in [0.4, 0.5) is 0 Å². The highest BCUT2D eigenvalue weighted by Crippen LogP contribution is 2.19. The minimum atomic E-state index is -0.193. The number of nitrogens with zero attached hydrogens (tertiary/aromatic N) is 2. The molecule has 0 bridgehead atoms. The SMILES string of the molecule is Cc1ccc(C)c(C(=O)N(Cc2nc3ccccc3c(=O)[nH]2)C[C@H]2CCCO2)c1. The fourth-order valence-corrected chi connectivity index (χ4v) is 3.78. The van der Waals surface area contributed by atoms with E-state index in [4.69, 9.17) is 4.74 Å². The number of aromatic amines is 1. The monoisotopic (exact) mass is 391 g/mol. The third-order valence-corrected chi connectivity index (χ3v) is 5.36. The smallest absolute Gasteiger partial charge is 0.258 e. The van der Waals surface area contributed by atoms with Crippen LogP contribution in [-0.4, -0.2) is 40.0 Å². The number of aryl methyl sites for hydroxylation is 2. The van der Waals surface area contributed by atoms with Gasteiger partial charge in [0.25, 0.3) is 11.5 Å². The number of rotatable bonds is 5. The number of aromatic nitrogens is 2. The summed E-state index contributed by atoms with van der Waals surface area (Å²) in [5.41, 5.74) is 3.07. The molecule has 1 aromatic heterocycles. The first-order valence-corrected chi connectivity index (χ1v) is 9.97. The summed E-state index contributed by atoms with van der Waals surface area (Å²) in [5.74, 6) is 0.405. The summed E-state index contributed by atoms with van der Waals surface area (Å²) in [6, 6.07) is 13.1. The van der Waals surface area contributed by atoms with Gasteiger partial charge in [0.2, 0.25) is 0 Å². The van der Waals surface area contributed by atoms with Crippen LogP contribution in [0.15, 0.2) is 47.3 Å². The van der Waals surface area contributed by atoms with Crippen LogP contribution in [-0.2, 0) is 11.3 Å². The van der Waals surface area contributed by atoms with Crippen LogP contribution in [0.2, 0.25) is 0 Å². The van der Waals surface area contributed by atoms with Gasteiger partial charge < -0.3 is 14.6 Å². The molecule has 1 amide bonds. The molecule has 2 heterocycles. The van der Waals surface area contributed by atoms with E-state index in [1.807, 2.05) is 50.2 Å². The molecule has 4 rings (SSSR count). The molecule has 1 fully saturated rings. The molecule has 6 heteroatoms. The second-order valence-electron chi connectivity index (χ2n) is 7.67. The van der Waals surface area contributed by atoms with E-state index < -0.39 is 0 Å². The average molecular weight is 391 g/mol. The van der Waals surface area contributed by atoms with Crippen LogP contribution in [0.5, 0.6) is 0 Å². The molecule has 6 nitrogen and oxygen atoms in total. The molecule has 1 saturated heterocycles. The summed E-state index contributed by atoms with van der Waals surface area (Å²) in [5, 5.41) is 0.544. The Morgan fingerprint density at radius 3 is 2.86 bits per heavy atom. The zero-order valence-electron chi connectivity index (χ0n) is 16.8. The predicted octanol–water partition coefficient (Wildman–Crippen LogP) is 3.36. The van der Waals surface area contributed by atoms with E-state index in [-0.39, 0.29) is 24.1 Å².